The summed E-state index contributed by atoms with van der Waals surface area (Å²) in [5.41, 5.74) is 0. The first-order valence-corrected chi connectivity index (χ1v) is 8.66. The lowest BCUT2D eigenvalue weighted by molar-refractivity contribution is 0.412. The van der Waals surface area contributed by atoms with E-state index in [0.29, 0.717) is 31.4 Å². The summed E-state index contributed by atoms with van der Waals surface area (Å²) in [5, 5.41) is 3.18. The van der Waals surface area contributed by atoms with E-state index in [1.54, 1.807) is 0 Å². The van der Waals surface area contributed by atoms with E-state index in [0.717, 1.165) is 0 Å². The number of likely N-dealkylation sites (N-methyl/N-ethyl adjacent to an activating group) is 1. The van der Waals surface area contributed by atoms with Crippen molar-refractivity contribution in [2.24, 2.45) is 0 Å². The number of furan rings is 1. The van der Waals surface area contributed by atoms with Gasteiger partial charge in [0.2, 0.25) is 10.0 Å². The summed E-state index contributed by atoms with van der Waals surface area (Å²) in [7, 11) is 0.224. The van der Waals surface area contributed by atoms with E-state index in [4.69, 9.17) is 4.42 Å². The highest BCUT2D eigenvalue weighted by Gasteiger charge is 2.22. The van der Waals surface area contributed by atoms with Crippen molar-refractivity contribution in [3.63, 3.8) is 0 Å². The summed E-state index contributed by atoms with van der Waals surface area (Å²) < 4.78 is 32.5. The average molecular weight is 368 g/mol. The molecule has 0 aliphatic heterocycles. The van der Waals surface area contributed by atoms with Crippen molar-refractivity contribution in [3.8, 4) is 0 Å². The van der Waals surface area contributed by atoms with E-state index in [2.05, 4.69) is 26.0 Å². The minimum absolute atomic E-state index is 0.136. The SMILES string of the molecule is CC(C)NCc1cc(S(=O)(=O)NCCN(C)C)c(Br)o1. The summed E-state index contributed by atoms with van der Waals surface area (Å²) >= 11 is 3.16. The molecule has 0 aliphatic rings. The van der Waals surface area contributed by atoms with Crippen LogP contribution in [0.3, 0.4) is 0 Å². The second-order valence-electron chi connectivity index (χ2n) is 5.09. The predicted molar refractivity (Wildman–Crippen MR) is 82.1 cm³/mol. The molecule has 1 aromatic rings. The molecule has 20 heavy (non-hydrogen) atoms. The van der Waals surface area contributed by atoms with Crippen LogP contribution in [0.2, 0.25) is 0 Å². The number of hydrogen-bond acceptors (Lipinski definition) is 5. The molecular weight excluding hydrogens is 346 g/mol. The Bertz CT molecular complexity index is 526. The molecule has 1 heterocycles. The lowest BCUT2D eigenvalue weighted by Gasteiger charge is -2.10. The highest BCUT2D eigenvalue weighted by molar-refractivity contribution is 9.10. The number of sulfonamides is 1. The fraction of sp³-hybridized carbons (Fsp3) is 0.667. The molecule has 0 unspecified atom stereocenters. The van der Waals surface area contributed by atoms with Crippen LogP contribution < -0.4 is 10.0 Å². The van der Waals surface area contributed by atoms with Crippen molar-refractivity contribution in [3.05, 3.63) is 16.5 Å². The van der Waals surface area contributed by atoms with Crippen molar-refractivity contribution in [1.82, 2.24) is 14.9 Å². The van der Waals surface area contributed by atoms with E-state index in [1.165, 1.54) is 6.07 Å². The Labute approximate surface area is 129 Å². The second-order valence-corrected chi connectivity index (χ2v) is 7.54. The third-order valence-corrected chi connectivity index (χ3v) is 4.85. The van der Waals surface area contributed by atoms with Crippen LogP contribution in [-0.2, 0) is 16.6 Å². The highest BCUT2D eigenvalue weighted by atomic mass is 79.9. The summed E-state index contributed by atoms with van der Waals surface area (Å²) in [6.45, 7) is 5.50. The Morgan fingerprint density at radius 2 is 2.05 bits per heavy atom. The van der Waals surface area contributed by atoms with Crippen LogP contribution >= 0.6 is 15.9 Å². The van der Waals surface area contributed by atoms with E-state index in [-0.39, 0.29) is 9.56 Å². The third-order valence-electron chi connectivity index (χ3n) is 2.53. The van der Waals surface area contributed by atoms with Gasteiger partial charge in [-0.1, -0.05) is 13.8 Å². The second kappa shape index (κ2) is 7.56. The summed E-state index contributed by atoms with van der Waals surface area (Å²) in [6.07, 6.45) is 0. The van der Waals surface area contributed by atoms with Crippen LogP contribution in [0.15, 0.2) is 20.0 Å². The van der Waals surface area contributed by atoms with Gasteiger partial charge in [0.05, 0.1) is 6.54 Å². The molecular formula is C12H22BrN3O3S. The molecule has 8 heteroatoms. The molecule has 0 atom stereocenters. The topological polar surface area (TPSA) is 74.6 Å². The number of halogens is 1. The molecule has 0 bridgehead atoms. The molecule has 0 saturated heterocycles. The fourth-order valence-corrected chi connectivity index (χ4v) is 3.47. The third kappa shape index (κ3) is 5.53. The Kier molecular flexibility index (Phi) is 6.67. The van der Waals surface area contributed by atoms with Crippen molar-refractivity contribution in [2.75, 3.05) is 27.2 Å². The van der Waals surface area contributed by atoms with E-state index in [1.807, 2.05) is 32.8 Å². The van der Waals surface area contributed by atoms with Crippen LogP contribution in [-0.4, -0.2) is 46.5 Å². The first-order valence-electron chi connectivity index (χ1n) is 6.38. The van der Waals surface area contributed by atoms with E-state index in [9.17, 15) is 8.42 Å². The molecule has 1 aromatic heterocycles. The molecule has 6 nitrogen and oxygen atoms in total. The van der Waals surface area contributed by atoms with Gasteiger partial charge in [0.25, 0.3) is 0 Å². The Balaban J connectivity index is 2.74. The first-order chi connectivity index (χ1) is 9.22. The molecule has 0 fully saturated rings. The maximum atomic E-state index is 12.1. The van der Waals surface area contributed by atoms with Gasteiger partial charge >= 0.3 is 0 Å². The minimum Gasteiger partial charge on any atom is -0.452 e. The predicted octanol–water partition coefficient (Wildman–Crippen LogP) is 1.38. The zero-order valence-corrected chi connectivity index (χ0v) is 14.6. The Morgan fingerprint density at radius 3 is 2.60 bits per heavy atom. The van der Waals surface area contributed by atoms with Crippen molar-refractivity contribution in [2.45, 2.75) is 31.3 Å². The van der Waals surface area contributed by atoms with Crippen LogP contribution in [0.25, 0.3) is 0 Å². The highest BCUT2D eigenvalue weighted by Crippen LogP contribution is 2.25. The molecule has 0 aliphatic carbocycles. The van der Waals surface area contributed by atoms with Gasteiger partial charge in [-0.2, -0.15) is 0 Å². The quantitative estimate of drug-likeness (QED) is 0.725. The van der Waals surface area contributed by atoms with Gasteiger partial charge in [0.1, 0.15) is 10.7 Å². The van der Waals surface area contributed by atoms with E-state index < -0.39 is 10.0 Å². The summed E-state index contributed by atoms with van der Waals surface area (Å²) in [4.78, 5) is 2.04. The van der Waals surface area contributed by atoms with Crippen LogP contribution in [0.5, 0.6) is 0 Å². The standard InChI is InChI=1S/C12H22BrN3O3S/c1-9(2)14-8-10-7-11(12(13)19-10)20(17,18)15-5-6-16(3)4/h7,9,14-15H,5-6,8H2,1-4H3. The molecule has 0 spiro atoms. The normalized spacial score (nSPS) is 12.6. The van der Waals surface area contributed by atoms with Gasteiger partial charge in [-0.25, -0.2) is 13.1 Å². The molecule has 1 rings (SSSR count). The maximum Gasteiger partial charge on any atom is 0.245 e. The zero-order chi connectivity index (χ0) is 15.3. The van der Waals surface area contributed by atoms with Gasteiger partial charge in [-0.3, -0.25) is 0 Å². The van der Waals surface area contributed by atoms with Crippen molar-refractivity contribution >= 4 is 26.0 Å². The minimum atomic E-state index is -3.55. The number of hydrogen-bond donors (Lipinski definition) is 2. The van der Waals surface area contributed by atoms with Crippen molar-refractivity contribution in [1.29, 1.82) is 0 Å². The summed E-state index contributed by atoms with van der Waals surface area (Å²) in [6, 6.07) is 1.84. The van der Waals surface area contributed by atoms with Crippen LogP contribution in [0, 0.1) is 0 Å². The summed E-state index contributed by atoms with van der Waals surface area (Å²) in [5.74, 6) is 0.582. The van der Waals surface area contributed by atoms with Gasteiger partial charge in [-0.05, 0) is 30.0 Å². The monoisotopic (exact) mass is 367 g/mol. The molecule has 0 radical (unpaired) electrons. The Hall–Kier alpha value is -0.410. The lowest BCUT2D eigenvalue weighted by atomic mass is 10.3. The lowest BCUT2D eigenvalue weighted by Crippen LogP contribution is -2.31. The average Bonchev–Trinajstić information content (AvgIpc) is 2.68. The van der Waals surface area contributed by atoms with Crippen molar-refractivity contribution < 1.29 is 12.8 Å². The zero-order valence-electron chi connectivity index (χ0n) is 12.2. The van der Waals surface area contributed by atoms with Gasteiger partial charge in [0.15, 0.2) is 4.67 Å². The van der Waals surface area contributed by atoms with Gasteiger partial charge < -0.3 is 14.6 Å². The molecule has 116 valence electrons. The van der Waals surface area contributed by atoms with Gasteiger partial charge in [0, 0.05) is 25.2 Å². The van der Waals surface area contributed by atoms with Crippen LogP contribution in [0.1, 0.15) is 19.6 Å². The van der Waals surface area contributed by atoms with Gasteiger partial charge in [-0.15, -0.1) is 0 Å². The molecule has 0 aromatic carbocycles. The van der Waals surface area contributed by atoms with E-state index >= 15 is 0 Å². The number of nitrogens with zero attached hydrogens (tertiary/aromatic N) is 1. The molecule has 0 amide bonds. The van der Waals surface area contributed by atoms with Crippen LogP contribution in [0.4, 0.5) is 0 Å². The molecule has 0 saturated carbocycles. The number of rotatable bonds is 8. The smallest absolute Gasteiger partial charge is 0.245 e. The molecule has 2 N–H and O–H groups in total. The maximum absolute atomic E-state index is 12.1. The Morgan fingerprint density at radius 1 is 1.40 bits per heavy atom. The fourth-order valence-electron chi connectivity index (χ4n) is 1.45. The largest absolute Gasteiger partial charge is 0.452 e. The number of nitrogens with one attached hydrogen (secondary N) is 2. The first kappa shape index (κ1) is 17.6.